The normalized spacial score (nSPS) is 11.0. The van der Waals surface area contributed by atoms with Crippen LogP contribution in [-0.2, 0) is 0 Å². The molecule has 0 bridgehead atoms. The molecule has 1 aromatic heterocycles. The van der Waals surface area contributed by atoms with E-state index in [4.69, 9.17) is 0 Å². The van der Waals surface area contributed by atoms with E-state index in [0.717, 1.165) is 41.9 Å². The Morgan fingerprint density at radius 3 is 2.45 bits per heavy atom. The van der Waals surface area contributed by atoms with E-state index >= 15 is 0 Å². The molecular formula is C24H32N6O. The Balaban J connectivity index is 1.77. The Morgan fingerprint density at radius 2 is 1.74 bits per heavy atom. The standard InChI is InChI=1S/C24H32N6O/c1-5-29(6-2)13-14-30(7-3)24(31)28-20-11-12-22-21(16-20)23(26-17-25-22)27-19-10-8-9-18(4)15-19/h8-12,15-17H,5-7,13-14H2,1-4H3,(H,28,31)(H,25,26,27). The van der Waals surface area contributed by atoms with E-state index in [9.17, 15) is 4.79 Å². The van der Waals surface area contributed by atoms with Crippen LogP contribution in [0.1, 0.15) is 26.3 Å². The van der Waals surface area contributed by atoms with E-state index in [-0.39, 0.29) is 6.03 Å². The maximum absolute atomic E-state index is 12.8. The summed E-state index contributed by atoms with van der Waals surface area (Å²) in [6, 6.07) is 13.7. The van der Waals surface area contributed by atoms with Crippen molar-refractivity contribution >= 4 is 34.1 Å². The summed E-state index contributed by atoms with van der Waals surface area (Å²) in [7, 11) is 0. The first kappa shape index (κ1) is 22.5. The Kier molecular flexibility index (Phi) is 7.78. The van der Waals surface area contributed by atoms with Gasteiger partial charge in [-0.05, 0) is 62.8 Å². The van der Waals surface area contributed by atoms with Crippen molar-refractivity contribution in [2.45, 2.75) is 27.7 Å². The fourth-order valence-electron chi connectivity index (χ4n) is 3.50. The number of urea groups is 1. The van der Waals surface area contributed by atoms with Crippen LogP contribution in [-0.4, -0.2) is 58.5 Å². The summed E-state index contributed by atoms with van der Waals surface area (Å²) in [6.07, 6.45) is 1.55. The topological polar surface area (TPSA) is 73.4 Å². The van der Waals surface area contributed by atoms with Gasteiger partial charge >= 0.3 is 6.03 Å². The fourth-order valence-corrected chi connectivity index (χ4v) is 3.50. The highest BCUT2D eigenvalue weighted by molar-refractivity contribution is 5.96. The molecule has 0 fully saturated rings. The van der Waals surface area contributed by atoms with Crippen LogP contribution in [0.5, 0.6) is 0 Å². The van der Waals surface area contributed by atoms with Gasteiger partial charge in [-0.25, -0.2) is 14.8 Å². The smallest absolute Gasteiger partial charge is 0.321 e. The van der Waals surface area contributed by atoms with Gasteiger partial charge in [-0.3, -0.25) is 0 Å². The van der Waals surface area contributed by atoms with Gasteiger partial charge in [0.05, 0.1) is 5.52 Å². The lowest BCUT2D eigenvalue weighted by Crippen LogP contribution is -2.40. The second kappa shape index (κ2) is 10.7. The zero-order valence-corrected chi connectivity index (χ0v) is 18.9. The molecule has 0 saturated carbocycles. The summed E-state index contributed by atoms with van der Waals surface area (Å²) in [6.45, 7) is 12.5. The molecule has 0 radical (unpaired) electrons. The number of hydrogen-bond acceptors (Lipinski definition) is 5. The molecule has 1 heterocycles. The van der Waals surface area contributed by atoms with Crippen LogP contribution in [0, 0.1) is 6.92 Å². The van der Waals surface area contributed by atoms with Crippen LogP contribution >= 0.6 is 0 Å². The lowest BCUT2D eigenvalue weighted by atomic mass is 10.2. The van der Waals surface area contributed by atoms with E-state index in [1.54, 1.807) is 6.33 Å². The van der Waals surface area contributed by atoms with Gasteiger partial charge in [-0.15, -0.1) is 0 Å². The number of amides is 2. The third-order valence-electron chi connectivity index (χ3n) is 5.42. The Bertz CT molecular complexity index is 1020. The van der Waals surface area contributed by atoms with Gasteiger partial charge in [0.25, 0.3) is 0 Å². The molecule has 0 aliphatic heterocycles. The minimum Gasteiger partial charge on any atom is -0.340 e. The first-order valence-electron chi connectivity index (χ1n) is 10.9. The number of aromatic nitrogens is 2. The van der Waals surface area contributed by atoms with Gasteiger partial charge in [0, 0.05) is 36.4 Å². The van der Waals surface area contributed by atoms with Crippen LogP contribution < -0.4 is 10.6 Å². The molecule has 3 rings (SSSR count). The van der Waals surface area contributed by atoms with E-state index in [2.05, 4.69) is 58.4 Å². The lowest BCUT2D eigenvalue weighted by molar-refractivity contribution is 0.200. The lowest BCUT2D eigenvalue weighted by Gasteiger charge is -2.25. The molecule has 0 unspecified atom stereocenters. The summed E-state index contributed by atoms with van der Waals surface area (Å²) in [5.74, 6) is 0.709. The monoisotopic (exact) mass is 420 g/mol. The molecule has 0 atom stereocenters. The number of carbonyl (C=O) groups excluding carboxylic acids is 1. The maximum atomic E-state index is 12.8. The highest BCUT2D eigenvalue weighted by Crippen LogP contribution is 2.26. The third kappa shape index (κ3) is 5.92. The zero-order valence-electron chi connectivity index (χ0n) is 18.9. The van der Waals surface area contributed by atoms with E-state index in [1.165, 1.54) is 5.56 Å². The number of nitrogens with zero attached hydrogens (tertiary/aromatic N) is 4. The average Bonchev–Trinajstić information content (AvgIpc) is 2.77. The first-order valence-corrected chi connectivity index (χ1v) is 10.9. The SMILES string of the molecule is CCN(CC)CCN(CC)C(=O)Nc1ccc2ncnc(Nc3cccc(C)c3)c2c1. The second-order valence-corrected chi connectivity index (χ2v) is 7.49. The quantitative estimate of drug-likeness (QED) is 0.516. The summed E-state index contributed by atoms with van der Waals surface area (Å²) < 4.78 is 0. The molecule has 0 spiro atoms. The number of nitrogens with one attached hydrogen (secondary N) is 2. The average molecular weight is 421 g/mol. The predicted molar refractivity (Wildman–Crippen MR) is 128 cm³/mol. The van der Waals surface area contributed by atoms with Crippen molar-refractivity contribution in [3.8, 4) is 0 Å². The minimum atomic E-state index is -0.0981. The van der Waals surface area contributed by atoms with Crippen LogP contribution in [0.4, 0.5) is 22.0 Å². The van der Waals surface area contributed by atoms with Crippen LogP contribution in [0.3, 0.4) is 0 Å². The van der Waals surface area contributed by atoms with Crippen molar-refractivity contribution in [3.05, 3.63) is 54.4 Å². The molecule has 2 amide bonds. The summed E-state index contributed by atoms with van der Waals surface area (Å²) in [4.78, 5) is 25.8. The van der Waals surface area contributed by atoms with Gasteiger partial charge in [0.1, 0.15) is 12.1 Å². The summed E-state index contributed by atoms with van der Waals surface area (Å²) in [5, 5.41) is 7.25. The number of likely N-dealkylation sites (N-methyl/N-ethyl adjacent to an activating group) is 2. The molecule has 2 aromatic carbocycles. The van der Waals surface area contributed by atoms with E-state index < -0.39 is 0 Å². The maximum Gasteiger partial charge on any atom is 0.321 e. The molecule has 2 N–H and O–H groups in total. The van der Waals surface area contributed by atoms with Gasteiger partial charge < -0.3 is 20.4 Å². The molecule has 0 aliphatic rings. The first-order chi connectivity index (χ1) is 15.0. The molecule has 31 heavy (non-hydrogen) atoms. The molecule has 7 nitrogen and oxygen atoms in total. The molecule has 164 valence electrons. The minimum absolute atomic E-state index is 0.0981. The molecular weight excluding hydrogens is 388 g/mol. The number of carbonyl (C=O) groups is 1. The third-order valence-corrected chi connectivity index (χ3v) is 5.42. The van der Waals surface area contributed by atoms with Crippen molar-refractivity contribution < 1.29 is 4.79 Å². The van der Waals surface area contributed by atoms with Gasteiger partial charge in [0.2, 0.25) is 0 Å². The van der Waals surface area contributed by atoms with Crippen molar-refractivity contribution in [2.24, 2.45) is 0 Å². The predicted octanol–water partition coefficient (Wildman–Crippen LogP) is 4.88. The fraction of sp³-hybridized carbons (Fsp3) is 0.375. The largest absolute Gasteiger partial charge is 0.340 e. The highest BCUT2D eigenvalue weighted by Gasteiger charge is 2.14. The van der Waals surface area contributed by atoms with E-state index in [1.807, 2.05) is 42.2 Å². The highest BCUT2D eigenvalue weighted by atomic mass is 16.2. The second-order valence-electron chi connectivity index (χ2n) is 7.49. The molecule has 7 heteroatoms. The Labute approximate surface area is 184 Å². The van der Waals surface area contributed by atoms with Crippen LogP contribution in [0.2, 0.25) is 0 Å². The zero-order chi connectivity index (χ0) is 22.2. The number of hydrogen-bond donors (Lipinski definition) is 2. The van der Waals surface area contributed by atoms with Gasteiger partial charge in [-0.1, -0.05) is 26.0 Å². The van der Waals surface area contributed by atoms with Crippen LogP contribution in [0.25, 0.3) is 10.9 Å². The van der Waals surface area contributed by atoms with Gasteiger partial charge in [0.15, 0.2) is 0 Å². The number of aryl methyl sites for hydroxylation is 1. The van der Waals surface area contributed by atoms with Crippen molar-refractivity contribution in [1.29, 1.82) is 0 Å². The summed E-state index contributed by atoms with van der Waals surface area (Å²) >= 11 is 0. The molecule has 0 aliphatic carbocycles. The number of fused-ring (bicyclic) bond motifs is 1. The number of benzene rings is 2. The number of rotatable bonds is 9. The van der Waals surface area contributed by atoms with Crippen molar-refractivity contribution in [3.63, 3.8) is 0 Å². The Morgan fingerprint density at radius 1 is 0.935 bits per heavy atom. The van der Waals surface area contributed by atoms with E-state index in [0.29, 0.717) is 18.9 Å². The van der Waals surface area contributed by atoms with Crippen molar-refractivity contribution in [2.75, 3.05) is 43.4 Å². The van der Waals surface area contributed by atoms with Crippen molar-refractivity contribution in [1.82, 2.24) is 19.8 Å². The Hall–Kier alpha value is -3.19. The van der Waals surface area contributed by atoms with Gasteiger partial charge in [-0.2, -0.15) is 0 Å². The number of anilines is 3. The molecule has 0 saturated heterocycles. The summed E-state index contributed by atoms with van der Waals surface area (Å²) in [5.41, 5.74) is 3.67. The molecule has 3 aromatic rings. The van der Waals surface area contributed by atoms with Crippen LogP contribution in [0.15, 0.2) is 48.8 Å².